The van der Waals surface area contributed by atoms with Gasteiger partial charge in [0.15, 0.2) is 0 Å². The van der Waals surface area contributed by atoms with Gasteiger partial charge >= 0.3 is 0 Å². The second-order valence-corrected chi connectivity index (χ2v) is 7.30. The molecule has 0 aromatic heterocycles. The van der Waals surface area contributed by atoms with E-state index in [0.717, 1.165) is 50.2 Å². The summed E-state index contributed by atoms with van der Waals surface area (Å²) in [6.45, 7) is 5.57. The van der Waals surface area contributed by atoms with Crippen molar-refractivity contribution >= 4 is 5.91 Å². The van der Waals surface area contributed by atoms with Crippen molar-refractivity contribution in [2.75, 3.05) is 26.7 Å². The van der Waals surface area contributed by atoms with Gasteiger partial charge in [0.05, 0.1) is 7.11 Å². The molecule has 1 aliphatic rings. The third kappa shape index (κ3) is 5.57. The van der Waals surface area contributed by atoms with E-state index in [1.165, 1.54) is 5.56 Å². The molecular weight excluding hydrogens is 336 g/mol. The van der Waals surface area contributed by atoms with Crippen LogP contribution in [0.3, 0.4) is 0 Å². The molecule has 0 aliphatic carbocycles. The van der Waals surface area contributed by atoms with Gasteiger partial charge in [0.1, 0.15) is 5.75 Å². The predicted molar refractivity (Wildman–Crippen MR) is 109 cm³/mol. The number of nitrogens with zero attached hydrogens (tertiary/aromatic N) is 2. The number of likely N-dealkylation sites (tertiary alicyclic amines) is 1. The smallest absolute Gasteiger partial charge is 0.219 e. The highest BCUT2D eigenvalue weighted by molar-refractivity contribution is 5.73. The van der Waals surface area contributed by atoms with Crippen LogP contribution < -0.4 is 4.74 Å². The van der Waals surface area contributed by atoms with Gasteiger partial charge in [0.25, 0.3) is 0 Å². The Labute approximate surface area is 162 Å². The number of hydrogen-bond acceptors (Lipinski definition) is 3. The summed E-state index contributed by atoms with van der Waals surface area (Å²) in [7, 11) is 1.67. The quantitative estimate of drug-likeness (QED) is 0.748. The minimum absolute atomic E-state index is 0.161. The van der Waals surface area contributed by atoms with E-state index in [2.05, 4.69) is 35.2 Å². The van der Waals surface area contributed by atoms with E-state index in [-0.39, 0.29) is 5.91 Å². The number of amides is 1. The van der Waals surface area contributed by atoms with Gasteiger partial charge in [-0.2, -0.15) is 0 Å². The zero-order chi connectivity index (χ0) is 19.1. The van der Waals surface area contributed by atoms with Crippen LogP contribution in [0.15, 0.2) is 54.6 Å². The van der Waals surface area contributed by atoms with Crippen molar-refractivity contribution in [1.29, 1.82) is 0 Å². The van der Waals surface area contributed by atoms with Crippen LogP contribution in [0.25, 0.3) is 0 Å². The molecule has 0 saturated carbocycles. The fourth-order valence-corrected chi connectivity index (χ4v) is 3.81. The van der Waals surface area contributed by atoms with E-state index in [9.17, 15) is 4.79 Å². The SMILES string of the molecule is COc1ccc(CN(C(C)=O)C2CCN(CCc3ccccc3)CC2)cc1. The summed E-state index contributed by atoms with van der Waals surface area (Å²) in [5.41, 5.74) is 2.54. The van der Waals surface area contributed by atoms with Gasteiger partial charge < -0.3 is 14.5 Å². The lowest BCUT2D eigenvalue weighted by atomic mass is 10.0. The number of rotatable bonds is 7. The maximum atomic E-state index is 12.3. The highest BCUT2D eigenvalue weighted by Crippen LogP contribution is 2.21. The van der Waals surface area contributed by atoms with Crippen molar-refractivity contribution in [1.82, 2.24) is 9.80 Å². The Morgan fingerprint density at radius 2 is 1.70 bits per heavy atom. The topological polar surface area (TPSA) is 32.8 Å². The minimum Gasteiger partial charge on any atom is -0.497 e. The molecule has 27 heavy (non-hydrogen) atoms. The number of hydrogen-bond donors (Lipinski definition) is 0. The molecule has 1 aliphatic heterocycles. The third-order valence-electron chi connectivity index (χ3n) is 5.47. The summed E-state index contributed by atoms with van der Waals surface area (Å²) in [4.78, 5) is 16.8. The Kier molecular flexibility index (Phi) is 6.88. The van der Waals surface area contributed by atoms with E-state index in [1.807, 2.05) is 29.2 Å². The van der Waals surface area contributed by atoms with Crippen molar-refractivity contribution in [3.8, 4) is 5.75 Å². The van der Waals surface area contributed by atoms with Crippen LogP contribution in [0.5, 0.6) is 5.75 Å². The maximum Gasteiger partial charge on any atom is 0.219 e. The van der Waals surface area contributed by atoms with Crippen LogP contribution in [0.2, 0.25) is 0 Å². The van der Waals surface area contributed by atoms with Crippen molar-refractivity contribution in [2.24, 2.45) is 0 Å². The molecule has 1 fully saturated rings. The Balaban J connectivity index is 1.51. The molecule has 4 nitrogen and oxygen atoms in total. The second-order valence-electron chi connectivity index (χ2n) is 7.30. The molecule has 0 unspecified atom stereocenters. The summed E-state index contributed by atoms with van der Waals surface area (Å²) in [6, 6.07) is 19.0. The van der Waals surface area contributed by atoms with Gasteiger partial charge in [-0.25, -0.2) is 0 Å². The van der Waals surface area contributed by atoms with Gasteiger partial charge in [0.2, 0.25) is 5.91 Å². The fraction of sp³-hybridized carbons (Fsp3) is 0.435. The third-order valence-corrected chi connectivity index (χ3v) is 5.47. The Hall–Kier alpha value is -2.33. The van der Waals surface area contributed by atoms with Crippen molar-refractivity contribution < 1.29 is 9.53 Å². The lowest BCUT2D eigenvalue weighted by Crippen LogP contribution is -2.46. The van der Waals surface area contributed by atoms with Crippen LogP contribution in [-0.2, 0) is 17.8 Å². The lowest BCUT2D eigenvalue weighted by molar-refractivity contribution is -0.132. The number of benzene rings is 2. The number of ether oxygens (including phenoxy) is 1. The summed E-state index contributed by atoms with van der Waals surface area (Å²) in [5.74, 6) is 1.01. The molecule has 2 aromatic rings. The average Bonchev–Trinajstić information content (AvgIpc) is 2.72. The highest BCUT2D eigenvalue weighted by atomic mass is 16.5. The molecule has 1 saturated heterocycles. The van der Waals surface area contributed by atoms with Gasteiger partial charge in [0, 0.05) is 39.1 Å². The zero-order valence-electron chi connectivity index (χ0n) is 16.4. The molecule has 3 rings (SSSR count). The standard InChI is InChI=1S/C23H30N2O2/c1-19(26)25(18-21-8-10-23(27-2)11-9-21)22-13-16-24(17-14-22)15-12-20-6-4-3-5-7-20/h3-11,22H,12-18H2,1-2H3. The van der Waals surface area contributed by atoms with Crippen LogP contribution in [0.1, 0.15) is 30.9 Å². The molecule has 0 bridgehead atoms. The normalized spacial score (nSPS) is 15.5. The number of carbonyl (C=O) groups is 1. The first kappa shape index (κ1) is 19.4. The van der Waals surface area contributed by atoms with Crippen molar-refractivity contribution in [2.45, 2.75) is 38.8 Å². The van der Waals surface area contributed by atoms with E-state index in [1.54, 1.807) is 14.0 Å². The number of piperidine rings is 1. The largest absolute Gasteiger partial charge is 0.497 e. The van der Waals surface area contributed by atoms with Gasteiger partial charge in [-0.15, -0.1) is 0 Å². The predicted octanol–water partition coefficient (Wildman–Crippen LogP) is 3.75. The summed E-state index contributed by atoms with van der Waals surface area (Å²) >= 11 is 0. The molecule has 144 valence electrons. The molecule has 4 heteroatoms. The minimum atomic E-state index is 0.161. The molecular formula is C23H30N2O2. The summed E-state index contributed by atoms with van der Waals surface area (Å²) < 4.78 is 5.22. The molecule has 1 heterocycles. The molecule has 1 amide bonds. The number of carbonyl (C=O) groups excluding carboxylic acids is 1. The van der Waals surface area contributed by atoms with Crippen LogP contribution >= 0.6 is 0 Å². The van der Waals surface area contributed by atoms with E-state index >= 15 is 0 Å². The van der Waals surface area contributed by atoms with E-state index in [4.69, 9.17) is 4.74 Å². The second kappa shape index (κ2) is 9.56. The first-order chi connectivity index (χ1) is 13.2. The summed E-state index contributed by atoms with van der Waals surface area (Å²) in [6.07, 6.45) is 3.18. The molecule has 2 aromatic carbocycles. The Morgan fingerprint density at radius 1 is 1.04 bits per heavy atom. The van der Waals surface area contributed by atoms with Gasteiger partial charge in [-0.1, -0.05) is 42.5 Å². The fourth-order valence-electron chi connectivity index (χ4n) is 3.81. The van der Waals surface area contributed by atoms with E-state index in [0.29, 0.717) is 12.6 Å². The highest BCUT2D eigenvalue weighted by Gasteiger charge is 2.26. The van der Waals surface area contributed by atoms with Crippen LogP contribution in [0, 0.1) is 0 Å². The van der Waals surface area contributed by atoms with Crippen molar-refractivity contribution in [3.63, 3.8) is 0 Å². The molecule has 0 atom stereocenters. The Morgan fingerprint density at radius 3 is 2.30 bits per heavy atom. The first-order valence-electron chi connectivity index (χ1n) is 9.82. The lowest BCUT2D eigenvalue weighted by Gasteiger charge is -2.38. The van der Waals surface area contributed by atoms with Crippen LogP contribution in [0.4, 0.5) is 0 Å². The first-order valence-corrected chi connectivity index (χ1v) is 9.82. The zero-order valence-corrected chi connectivity index (χ0v) is 16.4. The molecule has 0 radical (unpaired) electrons. The van der Waals surface area contributed by atoms with Crippen molar-refractivity contribution in [3.05, 3.63) is 65.7 Å². The average molecular weight is 367 g/mol. The molecule has 0 spiro atoms. The van der Waals surface area contributed by atoms with E-state index < -0.39 is 0 Å². The van der Waals surface area contributed by atoms with Gasteiger partial charge in [-0.3, -0.25) is 4.79 Å². The maximum absolute atomic E-state index is 12.3. The van der Waals surface area contributed by atoms with Gasteiger partial charge in [-0.05, 0) is 42.5 Å². The monoisotopic (exact) mass is 366 g/mol. The Bertz CT molecular complexity index is 707. The molecule has 0 N–H and O–H groups in total. The number of methoxy groups -OCH3 is 1. The summed E-state index contributed by atoms with van der Waals surface area (Å²) in [5, 5.41) is 0. The van der Waals surface area contributed by atoms with Crippen LogP contribution in [-0.4, -0.2) is 48.5 Å².